The number of carbonyl (C=O) groups excluding carboxylic acids is 1. The lowest BCUT2D eigenvalue weighted by molar-refractivity contribution is -0.133. The average Bonchev–Trinajstić information content (AvgIpc) is 2.32. The molecule has 4 heteroatoms. The predicted octanol–water partition coefficient (Wildman–Crippen LogP) is 1.71. The molecule has 1 fully saturated rings. The Morgan fingerprint density at radius 1 is 1.44 bits per heavy atom. The van der Waals surface area contributed by atoms with Gasteiger partial charge in [-0.05, 0) is 37.5 Å². The van der Waals surface area contributed by atoms with Gasteiger partial charge in [0.15, 0.2) is 0 Å². The Morgan fingerprint density at radius 2 is 2.11 bits per heavy atom. The van der Waals surface area contributed by atoms with E-state index in [1.807, 2.05) is 11.8 Å². The molecule has 2 atom stereocenters. The van der Waals surface area contributed by atoms with Crippen molar-refractivity contribution in [2.45, 2.75) is 38.3 Å². The smallest absolute Gasteiger partial charge is 0.227 e. The van der Waals surface area contributed by atoms with E-state index in [1.54, 1.807) is 12.1 Å². The van der Waals surface area contributed by atoms with Crippen LogP contribution in [-0.2, 0) is 11.2 Å². The van der Waals surface area contributed by atoms with Crippen molar-refractivity contribution >= 4 is 5.91 Å². The molecule has 0 aliphatic carbocycles. The van der Waals surface area contributed by atoms with Crippen LogP contribution in [0.15, 0.2) is 24.3 Å². The van der Waals surface area contributed by atoms with Gasteiger partial charge >= 0.3 is 0 Å². The minimum Gasteiger partial charge on any atom is -0.340 e. The van der Waals surface area contributed by atoms with Crippen LogP contribution in [0.2, 0.25) is 0 Å². The van der Waals surface area contributed by atoms with Gasteiger partial charge < -0.3 is 10.6 Å². The van der Waals surface area contributed by atoms with Crippen LogP contribution < -0.4 is 5.73 Å². The van der Waals surface area contributed by atoms with Gasteiger partial charge in [-0.1, -0.05) is 12.1 Å². The Morgan fingerprint density at radius 3 is 2.72 bits per heavy atom. The summed E-state index contributed by atoms with van der Waals surface area (Å²) in [5.41, 5.74) is 6.73. The van der Waals surface area contributed by atoms with Crippen molar-refractivity contribution < 1.29 is 9.18 Å². The van der Waals surface area contributed by atoms with Crippen LogP contribution in [0.3, 0.4) is 0 Å². The third-order valence-electron chi connectivity index (χ3n) is 3.51. The summed E-state index contributed by atoms with van der Waals surface area (Å²) in [6, 6.07) is 6.49. The molecule has 1 aromatic carbocycles. The number of nitrogens with two attached hydrogens (primary N) is 1. The topological polar surface area (TPSA) is 46.3 Å². The molecular formula is C14H19FN2O. The SMILES string of the molecule is CC1CC(N)CCN1C(=O)Cc1ccc(F)cc1. The molecule has 0 spiro atoms. The molecule has 0 bridgehead atoms. The molecule has 0 aromatic heterocycles. The van der Waals surface area contributed by atoms with Gasteiger partial charge in [0.2, 0.25) is 5.91 Å². The van der Waals surface area contributed by atoms with E-state index in [2.05, 4.69) is 0 Å². The zero-order valence-electron chi connectivity index (χ0n) is 10.6. The maximum Gasteiger partial charge on any atom is 0.227 e. The number of hydrogen-bond acceptors (Lipinski definition) is 2. The first-order valence-electron chi connectivity index (χ1n) is 6.36. The Balaban J connectivity index is 1.97. The maximum absolute atomic E-state index is 12.8. The second kappa shape index (κ2) is 5.48. The number of amides is 1. The third kappa shape index (κ3) is 3.07. The Bertz CT molecular complexity index is 418. The summed E-state index contributed by atoms with van der Waals surface area (Å²) in [5, 5.41) is 0. The molecule has 1 aromatic rings. The van der Waals surface area contributed by atoms with Crippen molar-refractivity contribution in [3.8, 4) is 0 Å². The number of rotatable bonds is 2. The first-order valence-corrected chi connectivity index (χ1v) is 6.36. The standard InChI is InChI=1S/C14H19FN2O/c1-10-8-13(16)6-7-17(10)14(18)9-11-2-4-12(15)5-3-11/h2-5,10,13H,6-9,16H2,1H3. The summed E-state index contributed by atoms with van der Waals surface area (Å²) in [4.78, 5) is 14.0. The summed E-state index contributed by atoms with van der Waals surface area (Å²) in [7, 11) is 0. The second-order valence-corrected chi connectivity index (χ2v) is 5.02. The molecule has 2 rings (SSSR count). The summed E-state index contributed by atoms with van der Waals surface area (Å²) in [6.07, 6.45) is 2.05. The van der Waals surface area contributed by atoms with E-state index in [0.717, 1.165) is 24.9 Å². The minimum atomic E-state index is -0.275. The lowest BCUT2D eigenvalue weighted by atomic mass is 9.98. The van der Waals surface area contributed by atoms with E-state index >= 15 is 0 Å². The summed E-state index contributed by atoms with van der Waals surface area (Å²) in [6.45, 7) is 2.75. The van der Waals surface area contributed by atoms with Crippen LogP contribution in [0.4, 0.5) is 4.39 Å². The van der Waals surface area contributed by atoms with Crippen molar-refractivity contribution in [2.24, 2.45) is 5.73 Å². The quantitative estimate of drug-likeness (QED) is 0.868. The van der Waals surface area contributed by atoms with Gasteiger partial charge in [0.05, 0.1) is 6.42 Å². The molecule has 1 heterocycles. The molecule has 18 heavy (non-hydrogen) atoms. The molecule has 1 aliphatic heterocycles. The normalized spacial score (nSPS) is 24.1. The van der Waals surface area contributed by atoms with Gasteiger partial charge in [-0.25, -0.2) is 4.39 Å². The number of piperidine rings is 1. The Labute approximate surface area is 107 Å². The highest BCUT2D eigenvalue weighted by atomic mass is 19.1. The molecule has 1 amide bonds. The molecule has 1 aliphatic rings. The van der Waals surface area contributed by atoms with Gasteiger partial charge in [0.1, 0.15) is 5.82 Å². The van der Waals surface area contributed by atoms with Crippen LogP contribution in [0.25, 0.3) is 0 Å². The van der Waals surface area contributed by atoms with Crippen molar-refractivity contribution in [3.05, 3.63) is 35.6 Å². The number of carbonyl (C=O) groups is 1. The van der Waals surface area contributed by atoms with E-state index in [9.17, 15) is 9.18 Å². The molecule has 2 unspecified atom stereocenters. The van der Waals surface area contributed by atoms with E-state index in [4.69, 9.17) is 5.73 Å². The number of hydrogen-bond donors (Lipinski definition) is 1. The van der Waals surface area contributed by atoms with E-state index in [0.29, 0.717) is 6.42 Å². The summed E-state index contributed by atoms with van der Waals surface area (Å²) in [5.74, 6) is -0.176. The maximum atomic E-state index is 12.8. The minimum absolute atomic E-state index is 0.0982. The van der Waals surface area contributed by atoms with E-state index in [1.165, 1.54) is 12.1 Å². The van der Waals surface area contributed by atoms with Crippen LogP contribution in [0.5, 0.6) is 0 Å². The van der Waals surface area contributed by atoms with Gasteiger partial charge in [0, 0.05) is 18.6 Å². The second-order valence-electron chi connectivity index (χ2n) is 5.02. The summed E-state index contributed by atoms with van der Waals surface area (Å²) < 4.78 is 12.8. The number of benzene rings is 1. The van der Waals surface area contributed by atoms with Gasteiger partial charge in [0.25, 0.3) is 0 Å². The van der Waals surface area contributed by atoms with Crippen LogP contribution in [0, 0.1) is 5.82 Å². The fourth-order valence-electron chi connectivity index (χ4n) is 2.46. The molecule has 0 radical (unpaired) electrons. The van der Waals surface area contributed by atoms with Crippen LogP contribution >= 0.6 is 0 Å². The van der Waals surface area contributed by atoms with Crippen molar-refractivity contribution in [2.75, 3.05) is 6.54 Å². The number of halogens is 1. The Kier molecular flexibility index (Phi) is 3.97. The highest BCUT2D eigenvalue weighted by Gasteiger charge is 2.26. The van der Waals surface area contributed by atoms with Gasteiger partial charge in [-0.15, -0.1) is 0 Å². The van der Waals surface area contributed by atoms with E-state index in [-0.39, 0.29) is 23.8 Å². The third-order valence-corrected chi connectivity index (χ3v) is 3.51. The number of likely N-dealkylation sites (tertiary alicyclic amines) is 1. The number of nitrogens with zero attached hydrogens (tertiary/aromatic N) is 1. The Hall–Kier alpha value is -1.42. The highest BCUT2D eigenvalue weighted by Crippen LogP contribution is 2.17. The van der Waals surface area contributed by atoms with Crippen LogP contribution in [0.1, 0.15) is 25.3 Å². The largest absolute Gasteiger partial charge is 0.340 e. The molecule has 1 saturated heterocycles. The fourth-order valence-corrected chi connectivity index (χ4v) is 2.46. The first-order chi connectivity index (χ1) is 8.56. The highest BCUT2D eigenvalue weighted by molar-refractivity contribution is 5.79. The fraction of sp³-hybridized carbons (Fsp3) is 0.500. The van der Waals surface area contributed by atoms with Gasteiger partial charge in [-0.3, -0.25) is 4.79 Å². The van der Waals surface area contributed by atoms with Crippen LogP contribution in [-0.4, -0.2) is 29.4 Å². The average molecular weight is 250 g/mol. The van der Waals surface area contributed by atoms with Crippen molar-refractivity contribution in [1.82, 2.24) is 4.90 Å². The molecule has 2 N–H and O–H groups in total. The predicted molar refractivity (Wildman–Crippen MR) is 68.5 cm³/mol. The zero-order valence-corrected chi connectivity index (χ0v) is 10.6. The molecule has 98 valence electrons. The molecule has 3 nitrogen and oxygen atoms in total. The molecule has 0 saturated carbocycles. The lowest BCUT2D eigenvalue weighted by Crippen LogP contribution is -2.48. The first kappa shape index (κ1) is 13.0. The van der Waals surface area contributed by atoms with Crippen molar-refractivity contribution in [3.63, 3.8) is 0 Å². The molecular weight excluding hydrogens is 231 g/mol. The monoisotopic (exact) mass is 250 g/mol. The zero-order chi connectivity index (χ0) is 13.1. The van der Waals surface area contributed by atoms with Crippen molar-refractivity contribution in [1.29, 1.82) is 0 Å². The van der Waals surface area contributed by atoms with E-state index < -0.39 is 0 Å². The summed E-state index contributed by atoms with van der Waals surface area (Å²) >= 11 is 0. The van der Waals surface area contributed by atoms with Gasteiger partial charge in [-0.2, -0.15) is 0 Å². The lowest BCUT2D eigenvalue weighted by Gasteiger charge is -2.36.